The van der Waals surface area contributed by atoms with Gasteiger partial charge in [-0.2, -0.15) is 0 Å². The van der Waals surface area contributed by atoms with Gasteiger partial charge in [0.1, 0.15) is 5.94 Å². The van der Waals surface area contributed by atoms with Crippen LogP contribution < -0.4 is 0 Å². The molecule has 0 unspecified atom stereocenters. The molecule has 8 heavy (non-hydrogen) atoms. The van der Waals surface area contributed by atoms with Crippen molar-refractivity contribution in [3.05, 3.63) is 0 Å². The number of unbranched alkanes of at least 4 members (excludes halogenated alkanes) is 1. The quantitative estimate of drug-likeness (QED) is 0.280. The summed E-state index contributed by atoms with van der Waals surface area (Å²) in [6.45, 7) is 2.17. The van der Waals surface area contributed by atoms with E-state index >= 15 is 0 Å². The van der Waals surface area contributed by atoms with Crippen molar-refractivity contribution in [3.8, 4) is 0 Å². The first kappa shape index (κ1) is 8.66. The standard InChI is InChI=1S/C5H12OS2/c1-2-3-4-8-6-5-7/h7H,2-5H2,1H3. The Morgan fingerprint density at radius 2 is 2.38 bits per heavy atom. The first-order chi connectivity index (χ1) is 3.91. The van der Waals surface area contributed by atoms with E-state index in [0.29, 0.717) is 5.94 Å². The summed E-state index contributed by atoms with van der Waals surface area (Å²) in [6.07, 6.45) is 2.47. The van der Waals surface area contributed by atoms with E-state index in [1.807, 2.05) is 0 Å². The summed E-state index contributed by atoms with van der Waals surface area (Å²) >= 11 is 5.38. The van der Waals surface area contributed by atoms with Crippen LogP contribution in [0.1, 0.15) is 19.8 Å². The lowest BCUT2D eigenvalue weighted by atomic mass is 10.4. The van der Waals surface area contributed by atoms with E-state index in [2.05, 4.69) is 19.6 Å². The van der Waals surface area contributed by atoms with Crippen LogP contribution in [0.2, 0.25) is 0 Å². The molecule has 1 nitrogen and oxygen atoms in total. The fraction of sp³-hybridized carbons (Fsp3) is 1.00. The van der Waals surface area contributed by atoms with Crippen molar-refractivity contribution < 1.29 is 4.18 Å². The van der Waals surface area contributed by atoms with Gasteiger partial charge < -0.3 is 4.18 Å². The second-order valence-electron chi connectivity index (χ2n) is 1.42. The van der Waals surface area contributed by atoms with Crippen molar-refractivity contribution in [2.75, 3.05) is 11.7 Å². The Hall–Kier alpha value is 0.660. The summed E-state index contributed by atoms with van der Waals surface area (Å²) in [5, 5.41) is 0. The van der Waals surface area contributed by atoms with E-state index in [-0.39, 0.29) is 0 Å². The van der Waals surface area contributed by atoms with Crippen molar-refractivity contribution in [1.29, 1.82) is 0 Å². The van der Waals surface area contributed by atoms with Crippen LogP contribution in [0.25, 0.3) is 0 Å². The molecule has 0 aromatic carbocycles. The molecule has 0 aliphatic carbocycles. The third kappa shape index (κ3) is 6.66. The zero-order valence-electron chi connectivity index (χ0n) is 5.09. The number of hydrogen-bond donors (Lipinski definition) is 1. The van der Waals surface area contributed by atoms with Crippen LogP contribution in [0.5, 0.6) is 0 Å². The molecule has 0 heterocycles. The Balaban J connectivity index is 2.53. The van der Waals surface area contributed by atoms with Gasteiger partial charge in [0.15, 0.2) is 0 Å². The Morgan fingerprint density at radius 1 is 1.62 bits per heavy atom. The molecule has 0 aliphatic heterocycles. The van der Waals surface area contributed by atoms with E-state index in [1.165, 1.54) is 24.9 Å². The van der Waals surface area contributed by atoms with Gasteiger partial charge in [0.25, 0.3) is 0 Å². The third-order valence-corrected chi connectivity index (χ3v) is 1.76. The molecule has 50 valence electrons. The maximum atomic E-state index is 4.92. The SMILES string of the molecule is CCCCSOCS. The monoisotopic (exact) mass is 152 g/mol. The van der Waals surface area contributed by atoms with Gasteiger partial charge in [-0.3, -0.25) is 0 Å². The summed E-state index contributed by atoms with van der Waals surface area (Å²) in [4.78, 5) is 0. The van der Waals surface area contributed by atoms with Crippen molar-refractivity contribution in [2.24, 2.45) is 0 Å². The normalized spacial score (nSPS) is 9.75. The summed E-state index contributed by atoms with van der Waals surface area (Å²) < 4.78 is 4.92. The average molecular weight is 152 g/mol. The molecule has 0 bridgehead atoms. The number of hydrogen-bond acceptors (Lipinski definition) is 3. The Morgan fingerprint density at radius 3 is 2.88 bits per heavy atom. The maximum Gasteiger partial charge on any atom is 0.104 e. The van der Waals surface area contributed by atoms with Gasteiger partial charge in [0.05, 0.1) is 0 Å². The van der Waals surface area contributed by atoms with Crippen molar-refractivity contribution in [2.45, 2.75) is 19.8 Å². The van der Waals surface area contributed by atoms with Crippen molar-refractivity contribution >= 4 is 24.7 Å². The van der Waals surface area contributed by atoms with Gasteiger partial charge in [-0.25, -0.2) is 0 Å². The smallest absolute Gasteiger partial charge is 0.104 e. The lowest BCUT2D eigenvalue weighted by Crippen LogP contribution is -1.79. The lowest BCUT2D eigenvalue weighted by Gasteiger charge is -1.94. The first-order valence-electron chi connectivity index (χ1n) is 2.77. The Kier molecular flexibility index (Phi) is 8.29. The van der Waals surface area contributed by atoms with Crippen LogP contribution in [0.15, 0.2) is 0 Å². The molecule has 0 saturated carbocycles. The molecule has 0 atom stereocenters. The highest BCUT2D eigenvalue weighted by Gasteiger charge is 1.83. The first-order valence-corrected chi connectivity index (χ1v) is 4.31. The summed E-state index contributed by atoms with van der Waals surface area (Å²) in [6, 6.07) is 0. The Bertz CT molecular complexity index is 35.4. The highest BCUT2D eigenvalue weighted by molar-refractivity contribution is 7.95. The van der Waals surface area contributed by atoms with Gasteiger partial charge >= 0.3 is 0 Å². The topological polar surface area (TPSA) is 9.23 Å². The molecular formula is C5H12OS2. The average Bonchev–Trinajstić information content (AvgIpc) is 1.81. The van der Waals surface area contributed by atoms with E-state index < -0.39 is 0 Å². The molecule has 0 aromatic heterocycles. The predicted molar refractivity (Wildman–Crippen MR) is 42.3 cm³/mol. The minimum absolute atomic E-state index is 0.522. The largest absolute Gasteiger partial charge is 0.305 e. The van der Waals surface area contributed by atoms with Gasteiger partial charge in [-0.15, -0.1) is 12.6 Å². The van der Waals surface area contributed by atoms with Crippen LogP contribution in [0.4, 0.5) is 0 Å². The molecule has 0 rings (SSSR count). The summed E-state index contributed by atoms with van der Waals surface area (Å²) in [5.74, 6) is 1.62. The van der Waals surface area contributed by atoms with E-state index in [9.17, 15) is 0 Å². The summed E-state index contributed by atoms with van der Waals surface area (Å²) in [5.41, 5.74) is 0. The third-order valence-electron chi connectivity index (χ3n) is 0.717. The molecule has 0 radical (unpaired) electrons. The molecular weight excluding hydrogens is 140 g/mol. The predicted octanol–water partition coefficient (Wildman–Crippen LogP) is 2.34. The number of rotatable bonds is 5. The van der Waals surface area contributed by atoms with Crippen LogP contribution >= 0.6 is 24.7 Å². The fourth-order valence-electron chi connectivity index (χ4n) is 0.299. The lowest BCUT2D eigenvalue weighted by molar-refractivity contribution is 0.465. The molecule has 0 fully saturated rings. The van der Waals surface area contributed by atoms with Crippen molar-refractivity contribution in [1.82, 2.24) is 0 Å². The second-order valence-corrected chi connectivity index (χ2v) is 2.56. The molecule has 3 heteroatoms. The molecule has 0 N–H and O–H groups in total. The second kappa shape index (κ2) is 7.66. The zero-order valence-corrected chi connectivity index (χ0v) is 6.80. The minimum Gasteiger partial charge on any atom is -0.305 e. The van der Waals surface area contributed by atoms with Crippen molar-refractivity contribution in [3.63, 3.8) is 0 Å². The number of thiol groups is 1. The fourth-order valence-corrected chi connectivity index (χ4v) is 1.12. The maximum absolute atomic E-state index is 4.92. The minimum atomic E-state index is 0.522. The van der Waals surface area contributed by atoms with Gasteiger partial charge in [-0.05, 0) is 18.5 Å². The molecule has 0 amide bonds. The van der Waals surface area contributed by atoms with E-state index in [4.69, 9.17) is 4.18 Å². The highest BCUT2D eigenvalue weighted by Crippen LogP contribution is 2.05. The van der Waals surface area contributed by atoms with Crippen LogP contribution in [0, 0.1) is 0 Å². The molecule has 0 aliphatic rings. The van der Waals surface area contributed by atoms with Gasteiger partial charge in [-0.1, -0.05) is 13.3 Å². The molecule has 0 spiro atoms. The van der Waals surface area contributed by atoms with Gasteiger partial charge in [0, 0.05) is 5.75 Å². The van der Waals surface area contributed by atoms with E-state index in [1.54, 1.807) is 0 Å². The Labute approximate surface area is 60.8 Å². The van der Waals surface area contributed by atoms with E-state index in [0.717, 1.165) is 5.75 Å². The zero-order chi connectivity index (χ0) is 6.24. The molecule has 0 aromatic rings. The highest BCUT2D eigenvalue weighted by atomic mass is 32.2. The summed E-state index contributed by atoms with van der Waals surface area (Å²) in [7, 11) is 0. The van der Waals surface area contributed by atoms with Gasteiger partial charge in [0.2, 0.25) is 0 Å². The molecule has 0 saturated heterocycles. The van der Waals surface area contributed by atoms with Crippen LogP contribution in [-0.4, -0.2) is 11.7 Å². The van der Waals surface area contributed by atoms with Crippen LogP contribution in [0.3, 0.4) is 0 Å². The van der Waals surface area contributed by atoms with Crippen LogP contribution in [-0.2, 0) is 4.18 Å².